The third kappa shape index (κ3) is 2.66. The Balaban J connectivity index is 1.84. The minimum atomic E-state index is -0.790. The van der Waals surface area contributed by atoms with E-state index >= 15 is 0 Å². The molecule has 1 amide bonds. The van der Waals surface area contributed by atoms with Crippen LogP contribution in [0.3, 0.4) is 0 Å². The van der Waals surface area contributed by atoms with Gasteiger partial charge in [-0.1, -0.05) is 30.7 Å². The van der Waals surface area contributed by atoms with E-state index in [1.807, 2.05) is 12.1 Å². The summed E-state index contributed by atoms with van der Waals surface area (Å²) in [7, 11) is 0. The molecule has 2 aliphatic rings. The van der Waals surface area contributed by atoms with E-state index in [-0.39, 0.29) is 6.04 Å². The summed E-state index contributed by atoms with van der Waals surface area (Å²) in [6.45, 7) is 3.66. The van der Waals surface area contributed by atoms with Crippen molar-refractivity contribution in [2.45, 2.75) is 31.7 Å². The van der Waals surface area contributed by atoms with Crippen LogP contribution in [0.2, 0.25) is 0 Å². The van der Waals surface area contributed by atoms with E-state index in [9.17, 15) is 9.90 Å². The molecule has 20 heavy (non-hydrogen) atoms. The molecule has 4 heteroatoms. The van der Waals surface area contributed by atoms with Gasteiger partial charge < -0.3 is 10.0 Å². The van der Waals surface area contributed by atoms with Gasteiger partial charge in [-0.3, -0.25) is 4.90 Å². The number of likely N-dealkylation sites (tertiary alicyclic amines) is 1. The molecule has 0 aromatic heterocycles. The number of fused-ring (bicyclic) bond motifs is 1. The van der Waals surface area contributed by atoms with Crippen molar-refractivity contribution in [3.05, 3.63) is 35.4 Å². The average Bonchev–Trinajstić information content (AvgIpc) is 2.48. The van der Waals surface area contributed by atoms with E-state index in [1.165, 1.54) is 30.4 Å². The van der Waals surface area contributed by atoms with Gasteiger partial charge in [0.15, 0.2) is 0 Å². The first-order valence-electron chi connectivity index (χ1n) is 7.55. The SMILES string of the molecule is O=C(O)N1CCc2ccccc2[C@@H]1CN1CCCCC1. The first-order chi connectivity index (χ1) is 9.75. The maximum absolute atomic E-state index is 11.5. The highest BCUT2D eigenvalue weighted by molar-refractivity contribution is 5.66. The molecule has 1 fully saturated rings. The molecule has 1 aromatic carbocycles. The summed E-state index contributed by atoms with van der Waals surface area (Å²) < 4.78 is 0. The Morgan fingerprint density at radius 2 is 1.90 bits per heavy atom. The monoisotopic (exact) mass is 274 g/mol. The standard InChI is InChI=1S/C16H22N2O2/c19-16(20)18-11-8-13-6-2-3-7-14(13)15(18)12-17-9-4-1-5-10-17/h2-3,6-7,15H,1,4-5,8-12H2,(H,19,20)/t15-/m0/s1. The lowest BCUT2D eigenvalue weighted by Gasteiger charge is -2.39. The van der Waals surface area contributed by atoms with Crippen LogP contribution in [0.4, 0.5) is 4.79 Å². The van der Waals surface area contributed by atoms with Crippen LogP contribution in [0, 0.1) is 0 Å². The lowest BCUT2D eigenvalue weighted by Crippen LogP contribution is -2.45. The van der Waals surface area contributed by atoms with E-state index in [2.05, 4.69) is 17.0 Å². The van der Waals surface area contributed by atoms with Crippen molar-refractivity contribution in [3.8, 4) is 0 Å². The number of nitrogens with zero attached hydrogens (tertiary/aromatic N) is 2. The number of carboxylic acid groups (broad SMARTS) is 1. The van der Waals surface area contributed by atoms with Crippen LogP contribution in [0.15, 0.2) is 24.3 Å². The summed E-state index contributed by atoms with van der Waals surface area (Å²) in [4.78, 5) is 15.6. The fraction of sp³-hybridized carbons (Fsp3) is 0.562. The Hall–Kier alpha value is -1.55. The van der Waals surface area contributed by atoms with Gasteiger partial charge in [-0.2, -0.15) is 0 Å². The second-order valence-electron chi connectivity index (χ2n) is 5.80. The van der Waals surface area contributed by atoms with Crippen molar-refractivity contribution in [1.29, 1.82) is 0 Å². The van der Waals surface area contributed by atoms with E-state index < -0.39 is 6.09 Å². The van der Waals surface area contributed by atoms with Crippen LogP contribution < -0.4 is 0 Å². The zero-order valence-electron chi connectivity index (χ0n) is 11.8. The van der Waals surface area contributed by atoms with Gasteiger partial charge in [-0.25, -0.2) is 4.79 Å². The van der Waals surface area contributed by atoms with Crippen molar-refractivity contribution in [1.82, 2.24) is 9.80 Å². The highest BCUT2D eigenvalue weighted by Crippen LogP contribution is 2.31. The summed E-state index contributed by atoms with van der Waals surface area (Å²) >= 11 is 0. The molecule has 3 rings (SSSR count). The molecule has 2 aliphatic heterocycles. The van der Waals surface area contributed by atoms with E-state index in [1.54, 1.807) is 4.90 Å². The molecule has 0 unspecified atom stereocenters. The average molecular weight is 274 g/mol. The summed E-state index contributed by atoms with van der Waals surface area (Å²) in [5, 5.41) is 9.47. The van der Waals surface area contributed by atoms with Crippen molar-refractivity contribution in [2.24, 2.45) is 0 Å². The Labute approximate surface area is 120 Å². The van der Waals surface area contributed by atoms with Gasteiger partial charge in [-0.05, 0) is 43.5 Å². The molecule has 0 bridgehead atoms. The molecule has 0 spiro atoms. The van der Waals surface area contributed by atoms with Gasteiger partial charge in [0.2, 0.25) is 0 Å². The highest BCUT2D eigenvalue weighted by atomic mass is 16.4. The smallest absolute Gasteiger partial charge is 0.407 e. The minimum Gasteiger partial charge on any atom is -0.465 e. The quantitative estimate of drug-likeness (QED) is 0.902. The number of piperidine rings is 1. The Bertz CT molecular complexity index is 483. The second-order valence-corrected chi connectivity index (χ2v) is 5.80. The summed E-state index contributed by atoms with van der Waals surface area (Å²) in [6, 6.07) is 8.30. The van der Waals surface area contributed by atoms with Gasteiger partial charge in [0.05, 0.1) is 6.04 Å². The number of amides is 1. The molecule has 108 valence electrons. The van der Waals surface area contributed by atoms with Gasteiger partial charge >= 0.3 is 6.09 Å². The zero-order chi connectivity index (χ0) is 13.9. The number of rotatable bonds is 2. The molecule has 4 nitrogen and oxygen atoms in total. The fourth-order valence-corrected chi connectivity index (χ4v) is 3.46. The second kappa shape index (κ2) is 5.83. The van der Waals surface area contributed by atoms with Crippen LogP contribution in [0.5, 0.6) is 0 Å². The molecule has 1 N–H and O–H groups in total. The van der Waals surface area contributed by atoms with Crippen LogP contribution >= 0.6 is 0 Å². The number of benzene rings is 1. The third-order valence-electron chi connectivity index (χ3n) is 4.54. The predicted octanol–water partition coefficient (Wildman–Crippen LogP) is 2.75. The maximum Gasteiger partial charge on any atom is 0.407 e. The van der Waals surface area contributed by atoms with Crippen LogP contribution in [0.25, 0.3) is 0 Å². The van der Waals surface area contributed by atoms with Crippen molar-refractivity contribution < 1.29 is 9.90 Å². The molecule has 1 saturated heterocycles. The Morgan fingerprint density at radius 1 is 1.15 bits per heavy atom. The summed E-state index contributed by atoms with van der Waals surface area (Å²) in [5.74, 6) is 0. The molecule has 0 aliphatic carbocycles. The molecule has 0 saturated carbocycles. The maximum atomic E-state index is 11.5. The predicted molar refractivity (Wildman–Crippen MR) is 77.9 cm³/mol. The number of carbonyl (C=O) groups is 1. The topological polar surface area (TPSA) is 43.8 Å². The largest absolute Gasteiger partial charge is 0.465 e. The molecule has 2 heterocycles. The first-order valence-corrected chi connectivity index (χ1v) is 7.55. The molecular weight excluding hydrogens is 252 g/mol. The fourth-order valence-electron chi connectivity index (χ4n) is 3.46. The van der Waals surface area contributed by atoms with Gasteiger partial charge in [0.25, 0.3) is 0 Å². The number of hydrogen-bond donors (Lipinski definition) is 1. The minimum absolute atomic E-state index is 0.00412. The van der Waals surface area contributed by atoms with Gasteiger partial charge in [-0.15, -0.1) is 0 Å². The van der Waals surface area contributed by atoms with Gasteiger partial charge in [0.1, 0.15) is 0 Å². The highest BCUT2D eigenvalue weighted by Gasteiger charge is 2.31. The van der Waals surface area contributed by atoms with E-state index in [4.69, 9.17) is 0 Å². The molecule has 1 aromatic rings. The first kappa shape index (κ1) is 13.4. The van der Waals surface area contributed by atoms with Gasteiger partial charge in [0, 0.05) is 13.1 Å². The molecular formula is C16H22N2O2. The summed E-state index contributed by atoms with van der Waals surface area (Å²) in [5.41, 5.74) is 2.51. The van der Waals surface area contributed by atoms with E-state index in [0.717, 1.165) is 26.1 Å². The van der Waals surface area contributed by atoms with Crippen LogP contribution in [-0.4, -0.2) is 47.2 Å². The normalized spacial score (nSPS) is 23.4. The Morgan fingerprint density at radius 3 is 2.65 bits per heavy atom. The zero-order valence-corrected chi connectivity index (χ0v) is 11.8. The van der Waals surface area contributed by atoms with Crippen molar-refractivity contribution in [2.75, 3.05) is 26.2 Å². The van der Waals surface area contributed by atoms with Crippen molar-refractivity contribution in [3.63, 3.8) is 0 Å². The Kier molecular flexibility index (Phi) is 3.92. The summed E-state index contributed by atoms with van der Waals surface area (Å²) in [6.07, 6.45) is 3.82. The number of hydrogen-bond acceptors (Lipinski definition) is 2. The molecule has 0 radical (unpaired) electrons. The lowest BCUT2D eigenvalue weighted by atomic mass is 9.92. The lowest BCUT2D eigenvalue weighted by molar-refractivity contribution is 0.0958. The van der Waals surface area contributed by atoms with Crippen molar-refractivity contribution >= 4 is 6.09 Å². The van der Waals surface area contributed by atoms with Crippen LogP contribution in [-0.2, 0) is 6.42 Å². The van der Waals surface area contributed by atoms with Crippen LogP contribution in [0.1, 0.15) is 36.4 Å². The third-order valence-corrected chi connectivity index (χ3v) is 4.54. The molecule has 1 atom stereocenters. The van der Waals surface area contributed by atoms with E-state index in [0.29, 0.717) is 6.54 Å².